The van der Waals surface area contributed by atoms with Gasteiger partial charge in [0.25, 0.3) is 0 Å². The summed E-state index contributed by atoms with van der Waals surface area (Å²) in [5.74, 6) is -1.49. The van der Waals surface area contributed by atoms with Crippen molar-refractivity contribution in [3.63, 3.8) is 0 Å². The third-order valence-electron chi connectivity index (χ3n) is 4.42. The number of benzene rings is 3. The molecule has 0 bridgehead atoms. The van der Waals surface area contributed by atoms with Crippen LogP contribution in [0.1, 0.15) is 10.4 Å². The first-order valence-electron chi connectivity index (χ1n) is 7.96. The van der Waals surface area contributed by atoms with Crippen molar-refractivity contribution >= 4 is 80.7 Å². The van der Waals surface area contributed by atoms with Crippen LogP contribution < -0.4 is 74.8 Å². The van der Waals surface area contributed by atoms with E-state index in [1.54, 1.807) is 30.3 Å². The Bertz CT molecular complexity index is 1380. The molecule has 0 amide bonds. The first-order chi connectivity index (χ1) is 13.7. The van der Waals surface area contributed by atoms with Crippen molar-refractivity contribution in [1.82, 2.24) is 0 Å². The summed E-state index contributed by atoms with van der Waals surface area (Å²) in [6.07, 6.45) is 0. The summed E-state index contributed by atoms with van der Waals surface area (Å²) in [5, 5.41) is 24.7. The first-order valence-corrected chi connectivity index (χ1v) is 11.1. The number of carbonyl (C=O) groups excluding carboxylic acids is 1. The minimum atomic E-state index is -1.35. The van der Waals surface area contributed by atoms with Gasteiger partial charge in [-0.3, -0.25) is 4.79 Å². The van der Waals surface area contributed by atoms with Gasteiger partial charge in [0.2, 0.25) is 5.43 Å². The van der Waals surface area contributed by atoms with Crippen molar-refractivity contribution in [2.24, 2.45) is 0 Å². The molecule has 0 radical (unpaired) electrons. The molecule has 170 valence electrons. The van der Waals surface area contributed by atoms with Gasteiger partial charge in [-0.15, -0.1) is 0 Å². The van der Waals surface area contributed by atoms with Crippen LogP contribution in [0.2, 0.25) is 0 Å². The first kappa shape index (κ1) is 36.4. The van der Waals surface area contributed by atoms with Gasteiger partial charge in [0.15, 0.2) is 5.76 Å². The molecule has 8 nitrogen and oxygen atoms in total. The van der Waals surface area contributed by atoms with E-state index in [0.29, 0.717) is 22.1 Å². The molecule has 0 saturated heterocycles. The van der Waals surface area contributed by atoms with Crippen molar-refractivity contribution in [3.05, 3.63) is 70.1 Å². The third kappa shape index (κ3) is 6.18. The Balaban J connectivity index is 0. The molecule has 1 aliphatic heterocycles. The summed E-state index contributed by atoms with van der Waals surface area (Å²) in [4.78, 5) is 24.2. The Morgan fingerprint density at radius 2 is 1.44 bits per heavy atom. The molecule has 2 aromatic rings. The summed E-state index contributed by atoms with van der Waals surface area (Å²) >= 11 is 13.0. The number of carboxylic acids is 1. The fourth-order valence-electron chi connectivity index (χ4n) is 3.16. The zero-order chi connectivity index (χ0) is 21.0. The standard InChI is InChI=1S/C20H8Br4O5.2Na.3H2O/c21-11-5-9-13(7-3-1-2-4-8(7)20(27)28)10-6-12(22)17(26)15(24)19(10)29-18(9)14(23)16(11)25;;;;;/h1-6,25H,(H,27,28);;;3*1H2/q;2*+1;;;/p-2. The minimum Gasteiger partial charge on any atom is -0.871 e. The number of hydrogen-bond donors (Lipinski definition) is 0. The molecule has 4 rings (SSSR count). The molecule has 0 unspecified atom stereocenters. The normalized spacial score (nSPS) is 9.65. The number of hydrogen-bond acceptors (Lipinski definition) is 5. The van der Waals surface area contributed by atoms with E-state index < -0.39 is 5.97 Å². The molecule has 1 heterocycles. The van der Waals surface area contributed by atoms with Crippen LogP contribution in [-0.4, -0.2) is 22.4 Å². The summed E-state index contributed by atoms with van der Waals surface area (Å²) in [5.41, 5.74) is 1.17. The molecular weight excluding hydrogens is 734 g/mol. The predicted molar refractivity (Wildman–Crippen MR) is 130 cm³/mol. The molecule has 0 saturated carbocycles. The van der Waals surface area contributed by atoms with Gasteiger partial charge in [0.1, 0.15) is 10.1 Å². The van der Waals surface area contributed by atoms with E-state index in [-0.39, 0.29) is 122 Å². The van der Waals surface area contributed by atoms with E-state index >= 15 is 0 Å². The molecular formula is C20H12Br4Na2O8. The Kier molecular flexibility index (Phi) is 15.2. The Labute approximate surface area is 270 Å². The molecule has 0 fully saturated rings. The average Bonchev–Trinajstić information content (AvgIpc) is 2.69. The predicted octanol–water partition coefficient (Wildman–Crippen LogP) is -3.41. The summed E-state index contributed by atoms with van der Waals surface area (Å²) in [6, 6.07) is 9.50. The monoisotopic (exact) mass is 742 g/mol. The summed E-state index contributed by atoms with van der Waals surface area (Å²) < 4.78 is 6.80. The van der Waals surface area contributed by atoms with E-state index in [4.69, 9.17) is 4.42 Å². The number of aromatic carboxylic acids is 1. The van der Waals surface area contributed by atoms with E-state index in [1.165, 1.54) is 6.07 Å². The van der Waals surface area contributed by atoms with Crippen LogP contribution in [0, 0.1) is 0 Å². The van der Waals surface area contributed by atoms with E-state index in [1.807, 2.05) is 0 Å². The van der Waals surface area contributed by atoms with Crippen molar-refractivity contribution in [2.45, 2.75) is 0 Å². The van der Waals surface area contributed by atoms with E-state index in [2.05, 4.69) is 63.7 Å². The van der Waals surface area contributed by atoms with Crippen molar-refractivity contribution in [3.8, 4) is 28.2 Å². The Morgan fingerprint density at radius 1 is 0.853 bits per heavy atom. The van der Waals surface area contributed by atoms with Crippen LogP contribution in [0.25, 0.3) is 33.4 Å². The maximum absolute atomic E-state index is 12.4. The van der Waals surface area contributed by atoms with Gasteiger partial charge >= 0.3 is 59.1 Å². The molecule has 34 heavy (non-hydrogen) atoms. The molecule has 2 aliphatic rings. The number of fused-ring (bicyclic) bond motifs is 2. The van der Waals surface area contributed by atoms with E-state index in [9.17, 15) is 19.8 Å². The number of halogens is 4. The zero-order valence-electron chi connectivity index (χ0n) is 17.5. The van der Waals surface area contributed by atoms with Crippen LogP contribution in [0.4, 0.5) is 0 Å². The largest absolute Gasteiger partial charge is 1.00 e. The van der Waals surface area contributed by atoms with E-state index in [0.717, 1.165) is 0 Å². The van der Waals surface area contributed by atoms with Gasteiger partial charge in [0, 0.05) is 26.5 Å². The van der Waals surface area contributed by atoms with Gasteiger partial charge in [-0.1, -0.05) is 45.9 Å². The molecule has 1 aliphatic carbocycles. The second-order valence-electron chi connectivity index (χ2n) is 6.07. The Morgan fingerprint density at radius 3 is 2.03 bits per heavy atom. The van der Waals surface area contributed by atoms with Crippen LogP contribution in [0.15, 0.2) is 63.5 Å². The number of carboxylic acid groups (broad SMARTS) is 1. The quantitative estimate of drug-likeness (QED) is 0.153. The van der Waals surface area contributed by atoms with Gasteiger partial charge in [-0.05, 0) is 65.5 Å². The van der Waals surface area contributed by atoms with Gasteiger partial charge in [-0.25, -0.2) is 0 Å². The maximum Gasteiger partial charge on any atom is 1.00 e. The molecule has 6 N–H and O–H groups in total. The third-order valence-corrected chi connectivity index (χ3v) is 7.04. The fraction of sp³-hybridized carbons (Fsp3) is 0. The van der Waals surface area contributed by atoms with Crippen molar-refractivity contribution in [1.29, 1.82) is 0 Å². The second kappa shape index (κ2) is 14.2. The van der Waals surface area contributed by atoms with Crippen molar-refractivity contribution in [2.75, 3.05) is 0 Å². The topological polar surface area (TPSA) is 188 Å². The smallest absolute Gasteiger partial charge is 0.871 e. The van der Waals surface area contributed by atoms with Crippen LogP contribution in [-0.2, 0) is 0 Å². The Hall–Kier alpha value is 0.200. The van der Waals surface area contributed by atoms with Crippen LogP contribution in [0.3, 0.4) is 0 Å². The number of rotatable bonds is 2. The second-order valence-corrected chi connectivity index (χ2v) is 9.36. The van der Waals surface area contributed by atoms with Gasteiger partial charge < -0.3 is 35.9 Å². The zero-order valence-corrected chi connectivity index (χ0v) is 27.9. The average molecular weight is 746 g/mol. The fourth-order valence-corrected chi connectivity index (χ4v) is 5.56. The molecule has 2 aromatic carbocycles. The van der Waals surface area contributed by atoms with Gasteiger partial charge in [0.05, 0.1) is 14.9 Å². The van der Waals surface area contributed by atoms with Crippen LogP contribution in [0.5, 0.6) is 5.75 Å². The van der Waals surface area contributed by atoms with Crippen LogP contribution >= 0.6 is 63.7 Å². The molecule has 0 atom stereocenters. The molecule has 14 heteroatoms. The number of carbonyl (C=O) groups is 1. The summed E-state index contributed by atoms with van der Waals surface area (Å²) in [7, 11) is 0. The van der Waals surface area contributed by atoms with Gasteiger partial charge in [-0.2, -0.15) is 0 Å². The maximum atomic E-state index is 12.4. The minimum absolute atomic E-state index is 0. The summed E-state index contributed by atoms with van der Waals surface area (Å²) in [6.45, 7) is 0. The SMILES string of the molecule is O.O.O.O=C([O-])c1ccccc1-c1c2cc(Br)c(=O)c(Br)c-2oc2c(Br)c([O-])c(Br)cc12.[Na+].[Na+]. The molecule has 0 spiro atoms. The molecule has 0 aromatic heterocycles. The van der Waals surface area contributed by atoms with Crippen molar-refractivity contribution < 1.29 is 95.0 Å².